The number of hydrogen-bond donors (Lipinski definition) is 2. The van der Waals surface area contributed by atoms with E-state index in [9.17, 15) is 4.79 Å². The zero-order valence-electron chi connectivity index (χ0n) is 10.5. The molecule has 0 spiro atoms. The van der Waals surface area contributed by atoms with E-state index in [0.29, 0.717) is 19.1 Å². The minimum atomic E-state index is 0.0582. The maximum Gasteiger partial charge on any atom is 0.234 e. The van der Waals surface area contributed by atoms with Crippen molar-refractivity contribution in [3.8, 4) is 0 Å². The Balaban J connectivity index is 1.77. The highest BCUT2D eigenvalue weighted by molar-refractivity contribution is 5.78. The molecule has 17 heavy (non-hydrogen) atoms. The van der Waals surface area contributed by atoms with E-state index >= 15 is 0 Å². The third-order valence-corrected chi connectivity index (χ3v) is 2.93. The summed E-state index contributed by atoms with van der Waals surface area (Å²) >= 11 is 0. The number of carbonyl (C=O) groups is 1. The first-order valence-corrected chi connectivity index (χ1v) is 6.20. The van der Waals surface area contributed by atoms with Crippen molar-refractivity contribution in [1.82, 2.24) is 20.4 Å². The number of nitrogens with one attached hydrogen (secondary N) is 2. The first-order chi connectivity index (χ1) is 8.19. The number of carbonyl (C=O) groups excluding carboxylic acids is 1. The molecule has 1 aromatic rings. The van der Waals surface area contributed by atoms with Crippen molar-refractivity contribution in [2.45, 2.75) is 38.8 Å². The summed E-state index contributed by atoms with van der Waals surface area (Å²) in [6, 6.07) is 0.574. The molecular weight excluding hydrogens is 216 g/mol. The summed E-state index contributed by atoms with van der Waals surface area (Å²) in [5.74, 6) is 0.0582. The summed E-state index contributed by atoms with van der Waals surface area (Å²) in [7, 11) is 1.90. The lowest BCUT2D eigenvalue weighted by Crippen LogP contribution is -2.34. The lowest BCUT2D eigenvalue weighted by molar-refractivity contribution is -0.120. The van der Waals surface area contributed by atoms with Gasteiger partial charge >= 0.3 is 0 Å². The van der Waals surface area contributed by atoms with E-state index in [1.54, 1.807) is 4.68 Å². The van der Waals surface area contributed by atoms with Gasteiger partial charge in [0.05, 0.1) is 12.2 Å². The molecule has 1 aliphatic rings. The van der Waals surface area contributed by atoms with Crippen LogP contribution < -0.4 is 10.6 Å². The van der Waals surface area contributed by atoms with E-state index in [0.717, 1.165) is 17.7 Å². The second kappa shape index (κ2) is 5.31. The molecular formula is C12H20N4O. The summed E-state index contributed by atoms with van der Waals surface area (Å²) < 4.78 is 1.79. The van der Waals surface area contributed by atoms with Gasteiger partial charge in [-0.15, -0.1) is 0 Å². The minimum absolute atomic E-state index is 0.0582. The van der Waals surface area contributed by atoms with Gasteiger partial charge in [0.25, 0.3) is 0 Å². The van der Waals surface area contributed by atoms with Gasteiger partial charge in [-0.3, -0.25) is 9.48 Å². The molecule has 0 unspecified atom stereocenters. The molecule has 5 heteroatoms. The topological polar surface area (TPSA) is 59.0 Å². The van der Waals surface area contributed by atoms with Gasteiger partial charge < -0.3 is 10.6 Å². The molecule has 0 radical (unpaired) electrons. The third-order valence-electron chi connectivity index (χ3n) is 2.93. The van der Waals surface area contributed by atoms with Gasteiger partial charge in [0.15, 0.2) is 0 Å². The van der Waals surface area contributed by atoms with E-state index < -0.39 is 0 Å². The number of aryl methyl sites for hydroxylation is 2. The Kier molecular flexibility index (Phi) is 3.78. The summed E-state index contributed by atoms with van der Waals surface area (Å²) in [5.41, 5.74) is 2.16. The van der Waals surface area contributed by atoms with Crippen LogP contribution in [0.4, 0.5) is 0 Å². The maximum atomic E-state index is 11.6. The molecule has 5 nitrogen and oxygen atoms in total. The van der Waals surface area contributed by atoms with Crippen LogP contribution in [0.15, 0.2) is 6.20 Å². The number of rotatable bonds is 6. The minimum Gasteiger partial charge on any atom is -0.351 e. The van der Waals surface area contributed by atoms with Crippen LogP contribution in [0.1, 0.15) is 31.0 Å². The van der Waals surface area contributed by atoms with Gasteiger partial charge in [0.2, 0.25) is 5.91 Å². The summed E-state index contributed by atoms with van der Waals surface area (Å²) in [6.45, 7) is 3.07. The van der Waals surface area contributed by atoms with Crippen molar-refractivity contribution in [2.75, 3.05) is 6.54 Å². The van der Waals surface area contributed by atoms with Crippen LogP contribution >= 0.6 is 0 Å². The second-order valence-corrected chi connectivity index (χ2v) is 4.56. The predicted octanol–water partition coefficient (Wildman–Crippen LogP) is 0.351. The Bertz CT molecular complexity index is 395. The van der Waals surface area contributed by atoms with Crippen molar-refractivity contribution in [2.24, 2.45) is 7.05 Å². The van der Waals surface area contributed by atoms with Crippen LogP contribution in [0.3, 0.4) is 0 Å². The third kappa shape index (κ3) is 3.56. The average molecular weight is 236 g/mol. The highest BCUT2D eigenvalue weighted by Gasteiger charge is 2.21. The Hall–Kier alpha value is -1.36. The van der Waals surface area contributed by atoms with Crippen LogP contribution in [-0.2, 0) is 24.8 Å². The lowest BCUT2D eigenvalue weighted by atomic mass is 10.2. The molecule has 0 bridgehead atoms. The molecule has 0 atom stereocenters. The smallest absolute Gasteiger partial charge is 0.234 e. The molecule has 1 aliphatic carbocycles. The van der Waals surface area contributed by atoms with Crippen LogP contribution in [0.25, 0.3) is 0 Å². The van der Waals surface area contributed by atoms with Gasteiger partial charge in [-0.05, 0) is 19.3 Å². The Morgan fingerprint density at radius 1 is 1.59 bits per heavy atom. The fourth-order valence-electron chi connectivity index (χ4n) is 1.81. The zero-order valence-corrected chi connectivity index (χ0v) is 10.5. The highest BCUT2D eigenvalue weighted by Crippen LogP contribution is 2.17. The first kappa shape index (κ1) is 12.1. The number of aromatic nitrogens is 2. The SMILES string of the molecule is CCc1nn(C)cc1CNC(=O)CNC1CC1. The quantitative estimate of drug-likeness (QED) is 0.749. The van der Waals surface area contributed by atoms with Gasteiger partial charge in [0.1, 0.15) is 0 Å². The highest BCUT2D eigenvalue weighted by atomic mass is 16.1. The van der Waals surface area contributed by atoms with E-state index in [1.807, 2.05) is 13.2 Å². The van der Waals surface area contributed by atoms with Crippen LogP contribution in [0, 0.1) is 0 Å². The van der Waals surface area contributed by atoms with Gasteiger partial charge in [-0.1, -0.05) is 6.92 Å². The Labute approximate surface area is 102 Å². The van der Waals surface area contributed by atoms with Crippen molar-refractivity contribution < 1.29 is 4.79 Å². The molecule has 1 heterocycles. The van der Waals surface area contributed by atoms with Crippen LogP contribution in [0.5, 0.6) is 0 Å². The normalized spacial score (nSPS) is 14.9. The monoisotopic (exact) mass is 236 g/mol. The molecule has 1 aromatic heterocycles. The maximum absolute atomic E-state index is 11.6. The molecule has 0 saturated heterocycles. The van der Waals surface area contributed by atoms with E-state index in [-0.39, 0.29) is 5.91 Å². The van der Waals surface area contributed by atoms with Gasteiger partial charge in [0, 0.05) is 31.4 Å². The summed E-state index contributed by atoms with van der Waals surface area (Å²) in [6.07, 6.45) is 5.27. The number of nitrogens with zero attached hydrogens (tertiary/aromatic N) is 2. The Morgan fingerprint density at radius 3 is 3.00 bits per heavy atom. The van der Waals surface area contributed by atoms with Crippen molar-refractivity contribution >= 4 is 5.91 Å². The predicted molar refractivity (Wildman–Crippen MR) is 65.5 cm³/mol. The standard InChI is InChI=1S/C12H20N4O/c1-3-11-9(8-16(2)15-11)6-14-12(17)7-13-10-4-5-10/h8,10,13H,3-7H2,1-2H3,(H,14,17). The second-order valence-electron chi connectivity index (χ2n) is 4.56. The molecule has 94 valence electrons. The zero-order chi connectivity index (χ0) is 12.3. The molecule has 1 saturated carbocycles. The molecule has 0 aliphatic heterocycles. The van der Waals surface area contributed by atoms with Gasteiger partial charge in [-0.25, -0.2) is 0 Å². The Morgan fingerprint density at radius 2 is 2.35 bits per heavy atom. The first-order valence-electron chi connectivity index (χ1n) is 6.20. The fraction of sp³-hybridized carbons (Fsp3) is 0.667. The molecule has 2 rings (SSSR count). The van der Waals surface area contributed by atoms with E-state index in [1.165, 1.54) is 12.8 Å². The van der Waals surface area contributed by atoms with Crippen molar-refractivity contribution in [3.63, 3.8) is 0 Å². The molecule has 1 fully saturated rings. The lowest BCUT2D eigenvalue weighted by Gasteiger charge is -2.05. The van der Waals surface area contributed by atoms with Crippen molar-refractivity contribution in [1.29, 1.82) is 0 Å². The molecule has 2 N–H and O–H groups in total. The van der Waals surface area contributed by atoms with E-state index in [2.05, 4.69) is 22.7 Å². The fourth-order valence-corrected chi connectivity index (χ4v) is 1.81. The van der Waals surface area contributed by atoms with Crippen LogP contribution in [0.2, 0.25) is 0 Å². The number of amides is 1. The van der Waals surface area contributed by atoms with E-state index in [4.69, 9.17) is 0 Å². The largest absolute Gasteiger partial charge is 0.351 e. The van der Waals surface area contributed by atoms with Crippen molar-refractivity contribution in [3.05, 3.63) is 17.5 Å². The average Bonchev–Trinajstić information content (AvgIpc) is 3.07. The molecule has 0 aromatic carbocycles. The number of hydrogen-bond acceptors (Lipinski definition) is 3. The summed E-state index contributed by atoms with van der Waals surface area (Å²) in [4.78, 5) is 11.6. The summed E-state index contributed by atoms with van der Waals surface area (Å²) in [5, 5.41) is 10.4. The molecule has 1 amide bonds. The van der Waals surface area contributed by atoms with Crippen LogP contribution in [-0.4, -0.2) is 28.3 Å². The van der Waals surface area contributed by atoms with Gasteiger partial charge in [-0.2, -0.15) is 5.10 Å².